The predicted octanol–water partition coefficient (Wildman–Crippen LogP) is 2.23. The predicted molar refractivity (Wildman–Crippen MR) is 81.9 cm³/mol. The van der Waals surface area contributed by atoms with E-state index in [1.807, 2.05) is 11.7 Å². The van der Waals surface area contributed by atoms with Gasteiger partial charge < -0.3 is 15.0 Å². The molecule has 5 heteroatoms. The van der Waals surface area contributed by atoms with Gasteiger partial charge in [-0.05, 0) is 17.7 Å². The van der Waals surface area contributed by atoms with Crippen LogP contribution < -0.4 is 5.32 Å². The van der Waals surface area contributed by atoms with Crippen molar-refractivity contribution in [2.24, 2.45) is 0 Å². The van der Waals surface area contributed by atoms with Gasteiger partial charge in [-0.15, -0.1) is 11.3 Å². The van der Waals surface area contributed by atoms with Crippen LogP contribution in [0.4, 0.5) is 0 Å². The van der Waals surface area contributed by atoms with Crippen molar-refractivity contribution in [3.05, 3.63) is 52.6 Å². The molecule has 0 atom stereocenters. The first kappa shape index (κ1) is 13.3. The van der Waals surface area contributed by atoms with E-state index in [0.29, 0.717) is 6.54 Å². The maximum atomic E-state index is 8.83. The molecule has 0 fully saturated rings. The van der Waals surface area contributed by atoms with Crippen molar-refractivity contribution in [1.82, 2.24) is 14.9 Å². The molecule has 3 rings (SSSR count). The van der Waals surface area contributed by atoms with E-state index in [9.17, 15) is 0 Å². The molecule has 0 aliphatic carbocycles. The van der Waals surface area contributed by atoms with Gasteiger partial charge >= 0.3 is 0 Å². The first-order chi connectivity index (χ1) is 9.88. The van der Waals surface area contributed by atoms with Gasteiger partial charge in [0.15, 0.2) is 0 Å². The van der Waals surface area contributed by atoms with Crippen molar-refractivity contribution in [1.29, 1.82) is 0 Å². The minimum absolute atomic E-state index is 0.169. The van der Waals surface area contributed by atoms with Crippen molar-refractivity contribution in [2.45, 2.75) is 13.1 Å². The average Bonchev–Trinajstić information content (AvgIpc) is 3.11. The summed E-state index contributed by atoms with van der Waals surface area (Å²) in [6.07, 6.45) is 4.04. The SMILES string of the molecule is OCCNCc1cccc2c1ccn2Cc1cncs1. The summed E-state index contributed by atoms with van der Waals surface area (Å²) in [7, 11) is 0. The lowest BCUT2D eigenvalue weighted by molar-refractivity contribution is 0.292. The maximum absolute atomic E-state index is 8.83. The Balaban J connectivity index is 1.87. The van der Waals surface area contributed by atoms with Crippen molar-refractivity contribution >= 4 is 22.2 Å². The molecule has 3 aromatic rings. The number of nitrogens with one attached hydrogen (secondary N) is 1. The molecule has 2 N–H and O–H groups in total. The molecule has 2 aromatic heterocycles. The van der Waals surface area contributed by atoms with Crippen LogP contribution in [-0.2, 0) is 13.1 Å². The number of hydrogen-bond donors (Lipinski definition) is 2. The van der Waals surface area contributed by atoms with Gasteiger partial charge in [0, 0.05) is 41.3 Å². The molecular formula is C15H17N3OS. The fourth-order valence-corrected chi connectivity index (χ4v) is 2.96. The largest absolute Gasteiger partial charge is 0.395 e. The monoisotopic (exact) mass is 287 g/mol. The number of benzene rings is 1. The van der Waals surface area contributed by atoms with Gasteiger partial charge in [0.05, 0.1) is 18.7 Å². The Morgan fingerprint density at radius 3 is 3.05 bits per heavy atom. The third kappa shape index (κ3) is 2.75. The average molecular weight is 287 g/mol. The molecule has 0 unspecified atom stereocenters. The van der Waals surface area contributed by atoms with Gasteiger partial charge in [0.1, 0.15) is 0 Å². The fourth-order valence-electron chi connectivity index (χ4n) is 2.37. The zero-order valence-corrected chi connectivity index (χ0v) is 11.9. The van der Waals surface area contributed by atoms with Gasteiger partial charge in [-0.2, -0.15) is 0 Å². The van der Waals surface area contributed by atoms with E-state index in [1.165, 1.54) is 21.3 Å². The summed E-state index contributed by atoms with van der Waals surface area (Å²) in [4.78, 5) is 5.38. The highest BCUT2D eigenvalue weighted by Crippen LogP contribution is 2.22. The molecule has 104 valence electrons. The number of aliphatic hydroxyl groups excluding tert-OH is 1. The second-order valence-corrected chi connectivity index (χ2v) is 5.63. The lowest BCUT2D eigenvalue weighted by Gasteiger charge is -2.07. The maximum Gasteiger partial charge on any atom is 0.0794 e. The number of aliphatic hydroxyl groups is 1. The first-order valence-electron chi connectivity index (χ1n) is 6.64. The smallest absolute Gasteiger partial charge is 0.0794 e. The summed E-state index contributed by atoms with van der Waals surface area (Å²) < 4.78 is 2.25. The third-order valence-corrected chi connectivity index (χ3v) is 4.08. The quantitative estimate of drug-likeness (QED) is 0.684. The normalized spacial score (nSPS) is 11.2. The Kier molecular flexibility index (Phi) is 4.11. The van der Waals surface area contributed by atoms with Crippen LogP contribution in [0.15, 0.2) is 42.2 Å². The Morgan fingerprint density at radius 2 is 2.25 bits per heavy atom. The summed E-state index contributed by atoms with van der Waals surface area (Å²) in [6, 6.07) is 8.52. The Morgan fingerprint density at radius 1 is 1.30 bits per heavy atom. The van der Waals surface area contributed by atoms with Gasteiger partial charge in [0.25, 0.3) is 0 Å². The van der Waals surface area contributed by atoms with Gasteiger partial charge in [-0.3, -0.25) is 4.98 Å². The third-order valence-electron chi connectivity index (χ3n) is 3.32. The molecule has 0 aliphatic rings. The molecule has 0 radical (unpaired) electrons. The van der Waals surface area contributed by atoms with Crippen LogP contribution in [0.5, 0.6) is 0 Å². The Hall–Kier alpha value is -1.69. The number of rotatable bonds is 6. The number of aromatic nitrogens is 2. The Bertz CT molecular complexity index is 676. The van der Waals surface area contributed by atoms with Gasteiger partial charge in [0.2, 0.25) is 0 Å². The highest BCUT2D eigenvalue weighted by atomic mass is 32.1. The second kappa shape index (κ2) is 6.17. The number of nitrogens with zero attached hydrogens (tertiary/aromatic N) is 2. The van der Waals surface area contributed by atoms with E-state index < -0.39 is 0 Å². The number of thiazole rings is 1. The molecule has 20 heavy (non-hydrogen) atoms. The minimum Gasteiger partial charge on any atom is -0.395 e. The standard InChI is InChI=1S/C15H17N3OS/c19-7-5-16-8-12-2-1-3-15-14(12)4-6-18(15)10-13-9-17-11-20-13/h1-4,6,9,11,16,19H,5,7-8,10H2. The van der Waals surface area contributed by atoms with E-state index >= 15 is 0 Å². The molecule has 2 heterocycles. The molecule has 0 saturated heterocycles. The second-order valence-electron chi connectivity index (χ2n) is 4.66. The van der Waals surface area contributed by atoms with E-state index in [1.54, 1.807) is 11.3 Å². The molecule has 0 amide bonds. The van der Waals surface area contributed by atoms with Crippen molar-refractivity contribution in [3.63, 3.8) is 0 Å². The van der Waals surface area contributed by atoms with Crippen molar-refractivity contribution in [3.8, 4) is 0 Å². The highest BCUT2D eigenvalue weighted by Gasteiger charge is 2.06. The zero-order chi connectivity index (χ0) is 13.8. The van der Waals surface area contributed by atoms with Crippen molar-refractivity contribution < 1.29 is 5.11 Å². The lowest BCUT2D eigenvalue weighted by Crippen LogP contribution is -2.17. The van der Waals surface area contributed by atoms with Crippen LogP contribution in [0.2, 0.25) is 0 Å². The molecule has 0 spiro atoms. The molecule has 4 nitrogen and oxygen atoms in total. The fraction of sp³-hybridized carbons (Fsp3) is 0.267. The van der Waals surface area contributed by atoms with Crippen LogP contribution in [0.1, 0.15) is 10.4 Å². The lowest BCUT2D eigenvalue weighted by atomic mass is 10.1. The van der Waals surface area contributed by atoms with E-state index in [2.05, 4.69) is 45.3 Å². The molecule has 1 aromatic carbocycles. The molecule has 0 aliphatic heterocycles. The summed E-state index contributed by atoms with van der Waals surface area (Å²) in [5.74, 6) is 0. The summed E-state index contributed by atoms with van der Waals surface area (Å²) >= 11 is 1.68. The van der Waals surface area contributed by atoms with E-state index in [-0.39, 0.29) is 6.61 Å². The molecule has 0 bridgehead atoms. The van der Waals surface area contributed by atoms with Gasteiger partial charge in [-0.1, -0.05) is 12.1 Å². The van der Waals surface area contributed by atoms with Crippen LogP contribution in [0.25, 0.3) is 10.9 Å². The summed E-state index contributed by atoms with van der Waals surface area (Å²) in [5, 5.41) is 13.3. The van der Waals surface area contributed by atoms with E-state index in [0.717, 1.165) is 13.1 Å². The van der Waals surface area contributed by atoms with E-state index in [4.69, 9.17) is 5.11 Å². The van der Waals surface area contributed by atoms with Crippen LogP contribution in [0.3, 0.4) is 0 Å². The van der Waals surface area contributed by atoms with Crippen molar-refractivity contribution in [2.75, 3.05) is 13.2 Å². The number of fused-ring (bicyclic) bond motifs is 1. The summed E-state index contributed by atoms with van der Waals surface area (Å²) in [6.45, 7) is 2.44. The van der Waals surface area contributed by atoms with Crippen LogP contribution in [0, 0.1) is 0 Å². The topological polar surface area (TPSA) is 50.1 Å². The first-order valence-corrected chi connectivity index (χ1v) is 7.52. The van der Waals surface area contributed by atoms with Crippen LogP contribution in [-0.4, -0.2) is 27.8 Å². The Labute approximate surface area is 121 Å². The highest BCUT2D eigenvalue weighted by molar-refractivity contribution is 7.09. The molecule has 0 saturated carbocycles. The summed E-state index contributed by atoms with van der Waals surface area (Å²) in [5.41, 5.74) is 4.37. The number of hydrogen-bond acceptors (Lipinski definition) is 4. The van der Waals surface area contributed by atoms with Gasteiger partial charge in [-0.25, -0.2) is 0 Å². The zero-order valence-electron chi connectivity index (χ0n) is 11.1. The minimum atomic E-state index is 0.169. The van der Waals surface area contributed by atoms with Crippen LogP contribution >= 0.6 is 11.3 Å². The molecular weight excluding hydrogens is 270 g/mol.